The van der Waals surface area contributed by atoms with Crippen molar-refractivity contribution in [1.29, 1.82) is 0 Å². The van der Waals surface area contributed by atoms with Crippen LogP contribution in [0.2, 0.25) is 0 Å². The fourth-order valence-electron chi connectivity index (χ4n) is 2.96. The Hall–Kier alpha value is -2.24. The minimum absolute atomic E-state index is 0.103. The molecule has 6 heteroatoms. The van der Waals surface area contributed by atoms with Crippen molar-refractivity contribution in [3.05, 3.63) is 24.3 Å². The molecule has 0 aromatic heterocycles. The van der Waals surface area contributed by atoms with Crippen LogP contribution in [0.4, 0.5) is 16.2 Å². The molecular formula is C19H30N4O2. The Morgan fingerprint density at radius 3 is 2.64 bits per heavy atom. The molecule has 0 radical (unpaired) electrons. The first-order chi connectivity index (χ1) is 11.9. The lowest BCUT2D eigenvalue weighted by atomic mass is 9.99. The number of urea groups is 1. The number of likely N-dealkylation sites (N-methyl/N-ethyl adjacent to an activating group) is 1. The monoisotopic (exact) mass is 346 g/mol. The Morgan fingerprint density at radius 1 is 1.32 bits per heavy atom. The van der Waals surface area contributed by atoms with Crippen LogP contribution in [0, 0.1) is 5.92 Å². The van der Waals surface area contributed by atoms with E-state index in [0.29, 0.717) is 6.54 Å². The number of rotatable bonds is 5. The van der Waals surface area contributed by atoms with Crippen LogP contribution in [0.1, 0.15) is 33.6 Å². The molecule has 1 fully saturated rings. The number of hydrogen-bond donors (Lipinski definition) is 2. The molecule has 0 bridgehead atoms. The van der Waals surface area contributed by atoms with Gasteiger partial charge in [0.2, 0.25) is 5.91 Å². The minimum Gasteiger partial charge on any atom is -0.371 e. The first kappa shape index (κ1) is 19.1. The normalized spacial score (nSPS) is 16.2. The van der Waals surface area contributed by atoms with E-state index in [1.54, 1.807) is 18.9 Å². The van der Waals surface area contributed by atoms with Gasteiger partial charge in [-0.05, 0) is 50.8 Å². The van der Waals surface area contributed by atoms with E-state index in [1.165, 1.54) is 12.8 Å². The summed E-state index contributed by atoms with van der Waals surface area (Å²) in [4.78, 5) is 28.1. The molecule has 2 rings (SSSR count). The number of benzene rings is 1. The van der Waals surface area contributed by atoms with Crippen molar-refractivity contribution in [3.63, 3.8) is 0 Å². The molecule has 1 aromatic carbocycles. The average molecular weight is 346 g/mol. The average Bonchev–Trinajstić information content (AvgIpc) is 2.61. The van der Waals surface area contributed by atoms with Crippen molar-refractivity contribution in [3.8, 4) is 0 Å². The second kappa shape index (κ2) is 8.74. The third-order valence-electron chi connectivity index (χ3n) is 4.82. The van der Waals surface area contributed by atoms with Crippen LogP contribution in [0.15, 0.2) is 24.3 Å². The van der Waals surface area contributed by atoms with Crippen LogP contribution >= 0.6 is 0 Å². The van der Waals surface area contributed by atoms with E-state index in [-0.39, 0.29) is 11.9 Å². The summed E-state index contributed by atoms with van der Waals surface area (Å²) in [7, 11) is 1.72. The van der Waals surface area contributed by atoms with Gasteiger partial charge in [0, 0.05) is 38.1 Å². The van der Waals surface area contributed by atoms with E-state index in [4.69, 9.17) is 0 Å². The van der Waals surface area contributed by atoms with E-state index < -0.39 is 6.04 Å². The van der Waals surface area contributed by atoms with Gasteiger partial charge < -0.3 is 20.4 Å². The van der Waals surface area contributed by atoms with Crippen molar-refractivity contribution < 1.29 is 9.59 Å². The molecule has 1 aliphatic heterocycles. The van der Waals surface area contributed by atoms with Crippen LogP contribution in [0.5, 0.6) is 0 Å². The third-order valence-corrected chi connectivity index (χ3v) is 4.82. The van der Waals surface area contributed by atoms with E-state index in [9.17, 15) is 9.59 Å². The summed E-state index contributed by atoms with van der Waals surface area (Å²) >= 11 is 0. The lowest BCUT2D eigenvalue weighted by molar-refractivity contribution is -0.131. The van der Waals surface area contributed by atoms with Gasteiger partial charge >= 0.3 is 6.03 Å². The van der Waals surface area contributed by atoms with Gasteiger partial charge in [-0.1, -0.05) is 13.0 Å². The predicted octanol–water partition coefficient (Wildman–Crippen LogP) is 2.91. The summed E-state index contributed by atoms with van der Waals surface area (Å²) < 4.78 is 0. The zero-order valence-electron chi connectivity index (χ0n) is 15.7. The molecule has 1 aliphatic rings. The van der Waals surface area contributed by atoms with E-state index >= 15 is 0 Å². The van der Waals surface area contributed by atoms with Gasteiger partial charge in [0.25, 0.3) is 0 Å². The van der Waals surface area contributed by atoms with Crippen LogP contribution in [-0.4, -0.2) is 49.6 Å². The molecule has 2 N–H and O–H groups in total. The highest BCUT2D eigenvalue weighted by molar-refractivity contribution is 5.93. The fourth-order valence-corrected chi connectivity index (χ4v) is 2.96. The maximum atomic E-state index is 12.2. The molecule has 1 saturated heterocycles. The summed E-state index contributed by atoms with van der Waals surface area (Å²) in [6.07, 6.45) is 2.39. The maximum absolute atomic E-state index is 12.2. The Bertz CT molecular complexity index is 597. The van der Waals surface area contributed by atoms with Gasteiger partial charge in [0.15, 0.2) is 0 Å². The number of nitrogens with zero attached hydrogens (tertiary/aromatic N) is 2. The molecule has 6 nitrogen and oxygen atoms in total. The van der Waals surface area contributed by atoms with Crippen LogP contribution in [-0.2, 0) is 4.79 Å². The zero-order valence-corrected chi connectivity index (χ0v) is 15.7. The van der Waals surface area contributed by atoms with E-state index in [2.05, 4.69) is 28.5 Å². The molecule has 3 amide bonds. The lowest BCUT2D eigenvalue weighted by Crippen LogP contribution is -2.46. The lowest BCUT2D eigenvalue weighted by Gasteiger charge is -2.32. The molecule has 1 unspecified atom stereocenters. The summed E-state index contributed by atoms with van der Waals surface area (Å²) in [6.45, 7) is 8.59. The number of carbonyl (C=O) groups is 2. The SMILES string of the molecule is CCN(C)C(=O)C(C)NC(=O)Nc1cccc(N2CCC(C)CC2)c1. The fraction of sp³-hybridized carbons (Fsp3) is 0.579. The number of nitrogens with one attached hydrogen (secondary N) is 2. The van der Waals surface area contributed by atoms with Crippen molar-refractivity contribution in [2.24, 2.45) is 5.92 Å². The Balaban J connectivity index is 1.93. The van der Waals surface area contributed by atoms with Crippen molar-refractivity contribution in [2.75, 3.05) is 36.9 Å². The number of hydrogen-bond acceptors (Lipinski definition) is 3. The topological polar surface area (TPSA) is 64.7 Å². The molecule has 0 saturated carbocycles. The predicted molar refractivity (Wildman–Crippen MR) is 102 cm³/mol. The minimum atomic E-state index is -0.559. The molecule has 1 aromatic rings. The Morgan fingerprint density at radius 2 is 2.00 bits per heavy atom. The summed E-state index contributed by atoms with van der Waals surface area (Å²) in [6, 6.07) is 6.94. The molecule has 0 aliphatic carbocycles. The van der Waals surface area contributed by atoms with Gasteiger partial charge in [-0.3, -0.25) is 4.79 Å². The molecule has 0 spiro atoms. The molecule has 1 heterocycles. The van der Waals surface area contributed by atoms with Gasteiger partial charge in [-0.15, -0.1) is 0 Å². The maximum Gasteiger partial charge on any atom is 0.319 e. The van der Waals surface area contributed by atoms with Gasteiger partial charge in [-0.25, -0.2) is 4.79 Å². The molecule has 25 heavy (non-hydrogen) atoms. The highest BCUT2D eigenvalue weighted by atomic mass is 16.2. The molecular weight excluding hydrogens is 316 g/mol. The highest BCUT2D eigenvalue weighted by Gasteiger charge is 2.19. The molecule has 138 valence electrons. The summed E-state index contributed by atoms with van der Waals surface area (Å²) in [5.74, 6) is 0.678. The summed E-state index contributed by atoms with van der Waals surface area (Å²) in [5, 5.41) is 5.52. The van der Waals surface area contributed by atoms with Crippen LogP contribution in [0.25, 0.3) is 0 Å². The zero-order chi connectivity index (χ0) is 18.4. The highest BCUT2D eigenvalue weighted by Crippen LogP contribution is 2.25. The standard InChI is InChI=1S/C19H30N4O2/c1-5-22(4)18(24)15(3)20-19(25)21-16-7-6-8-17(13-16)23-11-9-14(2)10-12-23/h6-8,13-15H,5,9-12H2,1-4H3,(H2,20,21,25). The number of amides is 3. The quantitative estimate of drug-likeness (QED) is 0.861. The van der Waals surface area contributed by atoms with Gasteiger partial charge in [0.1, 0.15) is 6.04 Å². The van der Waals surface area contributed by atoms with Gasteiger partial charge in [-0.2, -0.15) is 0 Å². The van der Waals surface area contributed by atoms with E-state index in [1.807, 2.05) is 25.1 Å². The van der Waals surface area contributed by atoms with Crippen molar-refractivity contribution >= 4 is 23.3 Å². The number of anilines is 2. The number of piperidine rings is 1. The van der Waals surface area contributed by atoms with Crippen molar-refractivity contribution in [2.45, 2.75) is 39.7 Å². The Kier molecular flexibility index (Phi) is 6.67. The third kappa shape index (κ3) is 5.37. The second-order valence-corrected chi connectivity index (χ2v) is 6.89. The first-order valence-corrected chi connectivity index (χ1v) is 9.08. The Labute approximate surface area is 150 Å². The smallest absolute Gasteiger partial charge is 0.319 e. The largest absolute Gasteiger partial charge is 0.371 e. The first-order valence-electron chi connectivity index (χ1n) is 9.08. The second-order valence-electron chi connectivity index (χ2n) is 6.89. The number of carbonyl (C=O) groups excluding carboxylic acids is 2. The van der Waals surface area contributed by atoms with Crippen LogP contribution in [0.3, 0.4) is 0 Å². The van der Waals surface area contributed by atoms with Crippen molar-refractivity contribution in [1.82, 2.24) is 10.2 Å². The summed E-state index contributed by atoms with van der Waals surface area (Å²) in [5.41, 5.74) is 1.86. The molecule has 1 atom stereocenters. The van der Waals surface area contributed by atoms with Crippen LogP contribution < -0.4 is 15.5 Å². The van der Waals surface area contributed by atoms with Gasteiger partial charge in [0.05, 0.1) is 0 Å². The van der Waals surface area contributed by atoms with E-state index in [0.717, 1.165) is 30.4 Å².